The van der Waals surface area contributed by atoms with Crippen molar-refractivity contribution in [1.29, 1.82) is 0 Å². The summed E-state index contributed by atoms with van der Waals surface area (Å²) in [5, 5.41) is 12.6. The third-order valence-corrected chi connectivity index (χ3v) is 9.10. The molecule has 1 aliphatic heterocycles. The fourth-order valence-electron chi connectivity index (χ4n) is 3.81. The Morgan fingerprint density at radius 2 is 1.94 bits per heavy atom. The van der Waals surface area contributed by atoms with Crippen molar-refractivity contribution in [3.8, 4) is 0 Å². The minimum absolute atomic E-state index is 0.0387. The minimum atomic E-state index is -3.03. The zero-order valence-corrected chi connectivity index (χ0v) is 20.7. The summed E-state index contributed by atoms with van der Waals surface area (Å²) in [7, 11) is -3.03. The lowest BCUT2D eigenvalue weighted by molar-refractivity contribution is -0.130. The molecule has 1 fully saturated rings. The van der Waals surface area contributed by atoms with Crippen LogP contribution in [0.3, 0.4) is 0 Å². The number of hydrogen-bond acceptors (Lipinski definition) is 8. The number of hydrogen-bond donors (Lipinski definition) is 1. The van der Waals surface area contributed by atoms with Gasteiger partial charge in [-0.1, -0.05) is 62.1 Å². The van der Waals surface area contributed by atoms with Crippen LogP contribution in [0, 0.1) is 0 Å². The Hall–Kier alpha value is -1.65. The van der Waals surface area contributed by atoms with Gasteiger partial charge in [0.05, 0.1) is 17.3 Å². The molecule has 0 radical (unpaired) electrons. The first-order valence-corrected chi connectivity index (χ1v) is 14.3. The quantitative estimate of drug-likeness (QED) is 0.513. The van der Waals surface area contributed by atoms with Gasteiger partial charge in [0.15, 0.2) is 14.2 Å². The van der Waals surface area contributed by atoms with Gasteiger partial charge in [0.25, 0.3) is 0 Å². The van der Waals surface area contributed by atoms with Crippen molar-refractivity contribution < 1.29 is 13.2 Å². The maximum Gasteiger partial charge on any atom is 0.233 e. The van der Waals surface area contributed by atoms with Crippen LogP contribution in [-0.2, 0) is 27.5 Å². The van der Waals surface area contributed by atoms with Gasteiger partial charge in [0.1, 0.15) is 0 Å². The monoisotopic (exact) mass is 482 g/mol. The molecule has 0 spiro atoms. The van der Waals surface area contributed by atoms with Crippen molar-refractivity contribution in [2.24, 2.45) is 0 Å². The molecule has 1 unspecified atom stereocenters. The maximum absolute atomic E-state index is 12.8. The molecule has 7 nitrogen and oxygen atoms in total. The lowest BCUT2D eigenvalue weighted by atomic mass is 10.0. The third kappa shape index (κ3) is 6.20. The predicted molar refractivity (Wildman–Crippen MR) is 128 cm³/mol. The molecule has 1 aromatic heterocycles. The number of carbonyl (C=O) groups is 1. The number of rotatable bonds is 10. The van der Waals surface area contributed by atoms with E-state index in [4.69, 9.17) is 0 Å². The van der Waals surface area contributed by atoms with Crippen LogP contribution in [0.4, 0.5) is 10.8 Å². The van der Waals surface area contributed by atoms with Gasteiger partial charge in [-0.15, -0.1) is 10.2 Å². The summed E-state index contributed by atoms with van der Waals surface area (Å²) in [6.45, 7) is 6.84. The van der Waals surface area contributed by atoms with Crippen LogP contribution < -0.4 is 5.32 Å². The number of benzene rings is 1. The predicted octanol–water partition coefficient (Wildman–Crippen LogP) is 3.92. The van der Waals surface area contributed by atoms with Crippen LogP contribution in [0.5, 0.6) is 0 Å². The first-order chi connectivity index (χ1) is 14.9. The Balaban J connectivity index is 1.63. The van der Waals surface area contributed by atoms with E-state index in [0.29, 0.717) is 18.1 Å². The fourth-order valence-corrected chi connectivity index (χ4v) is 7.18. The molecular formula is C21H30N4O3S3. The lowest BCUT2D eigenvalue weighted by Gasteiger charge is -2.27. The van der Waals surface area contributed by atoms with Gasteiger partial charge < -0.3 is 10.2 Å². The summed E-state index contributed by atoms with van der Waals surface area (Å²) in [6, 6.07) is 6.10. The molecule has 1 N–H and O–H groups in total. The second kappa shape index (κ2) is 10.8. The summed E-state index contributed by atoms with van der Waals surface area (Å²) < 4.78 is 24.4. The molecule has 1 saturated heterocycles. The number of anilines is 2. The van der Waals surface area contributed by atoms with Gasteiger partial charge in [-0.25, -0.2) is 8.42 Å². The van der Waals surface area contributed by atoms with Crippen LogP contribution in [0.15, 0.2) is 22.5 Å². The Bertz CT molecular complexity index is 985. The average Bonchev–Trinajstić information content (AvgIpc) is 3.35. The second-order valence-electron chi connectivity index (χ2n) is 7.59. The van der Waals surface area contributed by atoms with E-state index in [-0.39, 0.29) is 29.2 Å². The topological polar surface area (TPSA) is 92.3 Å². The Morgan fingerprint density at radius 1 is 1.23 bits per heavy atom. The standard InChI is InChI=1S/C21H30N4O3S3/c1-4-11-25(17-10-12-31(27,28)14-17)18(26)13-29-21-24-23-20(30-21)22-19-15(5-2)8-7-9-16(19)6-3/h7-9,17H,4-6,10-14H2,1-3H3,(H,22,23). The van der Waals surface area contributed by atoms with Crippen LogP contribution in [0.25, 0.3) is 0 Å². The van der Waals surface area contributed by atoms with E-state index in [0.717, 1.165) is 29.3 Å². The van der Waals surface area contributed by atoms with Crippen LogP contribution in [0.2, 0.25) is 0 Å². The molecule has 2 heterocycles. The van der Waals surface area contributed by atoms with Crippen molar-refractivity contribution in [3.63, 3.8) is 0 Å². The molecule has 170 valence electrons. The largest absolute Gasteiger partial charge is 0.338 e. The second-order valence-corrected chi connectivity index (χ2v) is 12.0. The van der Waals surface area contributed by atoms with E-state index in [2.05, 4.69) is 47.6 Å². The number of para-hydroxylation sites is 1. The molecule has 1 aliphatic rings. The van der Waals surface area contributed by atoms with E-state index in [9.17, 15) is 13.2 Å². The molecule has 31 heavy (non-hydrogen) atoms. The van der Waals surface area contributed by atoms with Crippen LogP contribution in [-0.4, -0.2) is 59.3 Å². The summed E-state index contributed by atoms with van der Waals surface area (Å²) in [5.41, 5.74) is 3.56. The molecule has 10 heteroatoms. The summed E-state index contributed by atoms with van der Waals surface area (Å²) in [6.07, 6.45) is 3.18. The molecular weight excluding hydrogens is 452 g/mol. The number of thioether (sulfide) groups is 1. The summed E-state index contributed by atoms with van der Waals surface area (Å²) in [4.78, 5) is 14.6. The molecule has 0 saturated carbocycles. The SMILES string of the molecule is CCCN(C(=O)CSc1nnc(Nc2c(CC)cccc2CC)s1)C1CCS(=O)(=O)C1. The molecule has 1 aromatic carbocycles. The zero-order valence-electron chi connectivity index (χ0n) is 18.3. The minimum Gasteiger partial charge on any atom is -0.338 e. The first kappa shape index (κ1) is 24.0. The van der Waals surface area contributed by atoms with Crippen molar-refractivity contribution in [2.75, 3.05) is 29.1 Å². The highest BCUT2D eigenvalue weighted by molar-refractivity contribution is 8.01. The summed E-state index contributed by atoms with van der Waals surface area (Å²) in [5.74, 6) is 0.440. The number of nitrogens with one attached hydrogen (secondary N) is 1. The Labute approximate surface area is 192 Å². The molecule has 0 bridgehead atoms. The zero-order chi connectivity index (χ0) is 22.4. The highest BCUT2D eigenvalue weighted by atomic mass is 32.2. The number of amides is 1. The number of carbonyl (C=O) groups excluding carboxylic acids is 1. The first-order valence-electron chi connectivity index (χ1n) is 10.7. The highest BCUT2D eigenvalue weighted by Gasteiger charge is 2.34. The van der Waals surface area contributed by atoms with E-state index in [1.165, 1.54) is 34.2 Å². The fraction of sp³-hybridized carbons (Fsp3) is 0.571. The van der Waals surface area contributed by atoms with Gasteiger partial charge in [0.2, 0.25) is 11.0 Å². The number of aromatic nitrogens is 2. The smallest absolute Gasteiger partial charge is 0.233 e. The van der Waals surface area contributed by atoms with Crippen molar-refractivity contribution >= 4 is 49.7 Å². The van der Waals surface area contributed by atoms with Crippen molar-refractivity contribution in [1.82, 2.24) is 15.1 Å². The van der Waals surface area contributed by atoms with Crippen molar-refractivity contribution in [2.45, 2.75) is 56.8 Å². The van der Waals surface area contributed by atoms with Gasteiger partial charge >= 0.3 is 0 Å². The molecule has 3 rings (SSSR count). The Morgan fingerprint density at radius 3 is 2.52 bits per heavy atom. The molecule has 1 atom stereocenters. The third-order valence-electron chi connectivity index (χ3n) is 5.39. The van der Waals surface area contributed by atoms with Gasteiger partial charge in [-0.05, 0) is 36.8 Å². The molecule has 2 aromatic rings. The molecule has 1 amide bonds. The van der Waals surface area contributed by atoms with Crippen molar-refractivity contribution in [3.05, 3.63) is 29.3 Å². The average molecular weight is 483 g/mol. The number of sulfone groups is 1. The lowest BCUT2D eigenvalue weighted by Crippen LogP contribution is -2.42. The van der Waals surface area contributed by atoms with Gasteiger partial charge in [-0.2, -0.15) is 0 Å². The summed E-state index contributed by atoms with van der Waals surface area (Å²) >= 11 is 2.79. The van der Waals surface area contributed by atoms with E-state index >= 15 is 0 Å². The maximum atomic E-state index is 12.8. The van der Waals surface area contributed by atoms with Crippen LogP contribution in [0.1, 0.15) is 44.7 Å². The molecule has 0 aliphatic carbocycles. The van der Waals surface area contributed by atoms with E-state index in [1.807, 2.05) is 6.92 Å². The van der Waals surface area contributed by atoms with Crippen LogP contribution >= 0.6 is 23.1 Å². The highest BCUT2D eigenvalue weighted by Crippen LogP contribution is 2.31. The van der Waals surface area contributed by atoms with E-state index in [1.54, 1.807) is 4.90 Å². The number of aryl methyl sites for hydroxylation is 2. The van der Waals surface area contributed by atoms with Gasteiger partial charge in [-0.3, -0.25) is 4.79 Å². The normalized spacial score (nSPS) is 17.6. The van der Waals surface area contributed by atoms with Gasteiger partial charge in [0, 0.05) is 18.3 Å². The number of nitrogens with zero attached hydrogens (tertiary/aromatic N) is 3. The Kier molecular flexibility index (Phi) is 8.35. The van der Waals surface area contributed by atoms with E-state index < -0.39 is 9.84 Å².